The van der Waals surface area contributed by atoms with Gasteiger partial charge in [-0.25, -0.2) is 0 Å². The Bertz CT molecular complexity index is 6170. The van der Waals surface area contributed by atoms with Gasteiger partial charge in [-0.15, -0.1) is 0 Å². The highest BCUT2D eigenvalue weighted by molar-refractivity contribution is 6.16. The van der Waals surface area contributed by atoms with E-state index in [4.69, 9.17) is 8.83 Å². The summed E-state index contributed by atoms with van der Waals surface area (Å²) in [4.78, 5) is 4.67. The van der Waals surface area contributed by atoms with E-state index in [9.17, 15) is 0 Å². The number of rotatable bonds is 12. The monoisotopic (exact) mass is 1280 g/mol. The van der Waals surface area contributed by atoms with Crippen molar-refractivity contribution in [3.05, 3.63) is 364 Å². The van der Waals surface area contributed by atoms with E-state index in [0.717, 1.165) is 144 Å². The molecule has 0 atom stereocenters. The minimum atomic E-state index is 0.855. The Morgan fingerprint density at radius 3 is 0.930 bits per heavy atom. The predicted octanol–water partition coefficient (Wildman–Crippen LogP) is 26.4. The van der Waals surface area contributed by atoms with Gasteiger partial charge < -0.3 is 27.8 Å². The normalized spacial score (nSPS) is 11.8. The number of para-hydroxylation sites is 8. The number of aromatic nitrogens is 2. The van der Waals surface area contributed by atoms with Crippen molar-refractivity contribution in [2.24, 2.45) is 0 Å². The second-order valence-electron chi connectivity index (χ2n) is 25.9. The molecule has 16 aromatic carbocycles. The van der Waals surface area contributed by atoms with Crippen LogP contribution in [0, 0.1) is 0 Å². The smallest absolute Gasteiger partial charge is 0.159 e. The molecule has 0 saturated carbocycles. The highest BCUT2D eigenvalue weighted by atomic mass is 16.3. The Kier molecular flexibility index (Phi) is 13.2. The lowest BCUT2D eigenvalue weighted by molar-refractivity contribution is 0.668. The summed E-state index contributed by atoms with van der Waals surface area (Å²) >= 11 is 0. The van der Waals surface area contributed by atoms with Gasteiger partial charge >= 0.3 is 0 Å². The fourth-order valence-electron chi connectivity index (χ4n) is 15.7. The van der Waals surface area contributed by atoms with Crippen LogP contribution < -0.4 is 9.80 Å². The molecule has 6 nitrogen and oxygen atoms in total. The Labute approximate surface area is 576 Å². The van der Waals surface area contributed by atoms with Crippen LogP contribution in [0.2, 0.25) is 0 Å². The van der Waals surface area contributed by atoms with Gasteiger partial charge in [-0.2, -0.15) is 0 Å². The van der Waals surface area contributed by atoms with Gasteiger partial charge in [0.1, 0.15) is 11.2 Å². The van der Waals surface area contributed by atoms with E-state index >= 15 is 0 Å². The van der Waals surface area contributed by atoms with E-state index < -0.39 is 0 Å². The Morgan fingerprint density at radius 1 is 0.200 bits per heavy atom. The van der Waals surface area contributed by atoms with Crippen LogP contribution in [0.3, 0.4) is 0 Å². The third kappa shape index (κ3) is 9.26. The van der Waals surface area contributed by atoms with E-state index in [1.807, 2.05) is 12.1 Å². The van der Waals surface area contributed by atoms with E-state index in [0.29, 0.717) is 0 Å². The molecule has 0 bridgehead atoms. The summed E-state index contributed by atoms with van der Waals surface area (Å²) in [5.74, 6) is 0. The average molecular weight is 1280 g/mol. The fraction of sp³-hybridized carbons (Fsp3) is 0. The molecule has 6 heteroatoms. The summed E-state index contributed by atoms with van der Waals surface area (Å²) in [5.41, 5.74) is 25.7. The first kappa shape index (κ1) is 56.9. The maximum absolute atomic E-state index is 6.70. The van der Waals surface area contributed by atoms with Crippen LogP contribution in [0.15, 0.2) is 373 Å². The summed E-state index contributed by atoms with van der Waals surface area (Å²) < 4.78 is 18.2. The summed E-state index contributed by atoms with van der Waals surface area (Å²) in [6, 6.07) is 132. The summed E-state index contributed by atoms with van der Waals surface area (Å²) in [6.07, 6.45) is 0. The van der Waals surface area contributed by atoms with E-state index in [2.05, 4.69) is 371 Å². The second-order valence-corrected chi connectivity index (χ2v) is 25.9. The predicted molar refractivity (Wildman–Crippen MR) is 418 cm³/mol. The van der Waals surface area contributed by atoms with E-state index in [1.165, 1.54) is 43.8 Å². The largest absolute Gasteiger partial charge is 0.454 e. The quantitative estimate of drug-likeness (QED) is 0.122. The summed E-state index contributed by atoms with van der Waals surface area (Å²) in [5, 5.41) is 11.5. The molecule has 20 rings (SSSR count). The van der Waals surface area contributed by atoms with Crippen molar-refractivity contribution in [3.63, 3.8) is 0 Å². The van der Waals surface area contributed by atoms with Crippen LogP contribution in [-0.4, -0.2) is 9.13 Å². The van der Waals surface area contributed by atoms with Crippen molar-refractivity contribution >= 4 is 132 Å². The van der Waals surface area contributed by atoms with Gasteiger partial charge in [-0.1, -0.05) is 231 Å². The number of anilines is 6. The molecule has 0 aliphatic carbocycles. The molecule has 0 N–H and O–H groups in total. The summed E-state index contributed by atoms with van der Waals surface area (Å²) in [6.45, 7) is 0. The molecule has 468 valence electrons. The number of nitrogens with zero attached hydrogens (tertiary/aromatic N) is 4. The molecule has 0 amide bonds. The fourth-order valence-corrected chi connectivity index (χ4v) is 15.7. The lowest BCUT2D eigenvalue weighted by atomic mass is 9.91. The van der Waals surface area contributed by atoms with Crippen LogP contribution in [0.5, 0.6) is 0 Å². The lowest BCUT2D eigenvalue weighted by Crippen LogP contribution is -2.10. The molecule has 0 fully saturated rings. The molecular formula is C94H60N4O2. The summed E-state index contributed by atoms with van der Waals surface area (Å²) in [7, 11) is 0. The van der Waals surface area contributed by atoms with Crippen molar-refractivity contribution in [1.29, 1.82) is 0 Å². The molecular weight excluding hydrogens is 1220 g/mol. The van der Waals surface area contributed by atoms with Gasteiger partial charge in [0.25, 0.3) is 0 Å². The molecule has 0 radical (unpaired) electrons. The van der Waals surface area contributed by atoms with E-state index in [1.54, 1.807) is 0 Å². The average Bonchev–Trinajstić information content (AvgIpc) is 1.58. The zero-order valence-corrected chi connectivity index (χ0v) is 54.2. The Morgan fingerprint density at radius 2 is 0.520 bits per heavy atom. The topological polar surface area (TPSA) is 42.6 Å². The minimum absolute atomic E-state index is 0.855. The molecule has 4 heterocycles. The van der Waals surface area contributed by atoms with Crippen LogP contribution in [-0.2, 0) is 0 Å². The van der Waals surface area contributed by atoms with Crippen LogP contribution in [0.25, 0.3) is 154 Å². The van der Waals surface area contributed by atoms with Crippen molar-refractivity contribution in [2.75, 3.05) is 9.80 Å². The lowest BCUT2D eigenvalue weighted by Gasteiger charge is -2.25. The molecule has 0 saturated heterocycles. The minimum Gasteiger partial charge on any atom is -0.454 e. The van der Waals surface area contributed by atoms with Gasteiger partial charge in [0.05, 0.1) is 33.4 Å². The molecule has 0 aliphatic heterocycles. The number of benzene rings is 16. The molecule has 20 aromatic rings. The van der Waals surface area contributed by atoms with Crippen molar-refractivity contribution in [1.82, 2.24) is 9.13 Å². The maximum atomic E-state index is 6.70. The molecule has 4 aromatic heterocycles. The van der Waals surface area contributed by atoms with Crippen LogP contribution in [0.1, 0.15) is 0 Å². The second kappa shape index (κ2) is 23.2. The number of hydrogen-bond acceptors (Lipinski definition) is 4. The van der Waals surface area contributed by atoms with Gasteiger partial charge in [0.2, 0.25) is 0 Å². The van der Waals surface area contributed by atoms with Crippen LogP contribution in [0.4, 0.5) is 34.1 Å². The first-order chi connectivity index (χ1) is 49.6. The first-order valence-electron chi connectivity index (χ1n) is 34.1. The molecule has 0 spiro atoms. The van der Waals surface area contributed by atoms with Crippen LogP contribution >= 0.6 is 0 Å². The maximum Gasteiger partial charge on any atom is 0.159 e. The SMILES string of the molecule is c1ccc(N(c2ccc3c(c2)c2cc(-c4ccc(-c5ccc(-c6ccc(-c7ccc8c(c7)c7cc(N(c9ccccc9)c9cccc%10c9oc9ccccc9%10)ccc7n8-c7ccccc7)cc6)c6ccccc56)cc4)ccc2n3-c2ccccc2)c2cccc3c2oc2ccccc23)cc1. The standard InChI is InChI=1S/C94H60N4O2/c1-5-21-67(22-6-1)95(89-35-19-33-79-77-31-15-17-37-91(77)99-93(79)89)71-49-55-87-83(59-71)81-57-65(47-53-85(81)97(87)69-25-9-3-10-26-69)61-39-43-63(44-40-61)73-51-52-74(76-30-14-13-29-75(73)76)64-45-41-62(42-46-64)66-48-54-86-82(58-66)84-60-72(50-56-88(84)98(86)70-27-11-4-12-28-70)96(68-23-7-2-8-24-68)90-36-20-34-80-78-32-16-18-38-92(78)100-94(80)90/h1-60H. The molecule has 0 unspecified atom stereocenters. The van der Waals surface area contributed by atoms with Gasteiger partial charge in [-0.3, -0.25) is 0 Å². The molecule has 100 heavy (non-hydrogen) atoms. The third-order valence-corrected chi connectivity index (χ3v) is 20.3. The van der Waals surface area contributed by atoms with Crippen molar-refractivity contribution < 1.29 is 8.83 Å². The highest BCUT2D eigenvalue weighted by Crippen LogP contribution is 2.48. The molecule has 0 aliphatic rings. The van der Waals surface area contributed by atoms with Gasteiger partial charge in [0, 0.05) is 77.2 Å². The zero-order valence-electron chi connectivity index (χ0n) is 54.2. The highest BCUT2D eigenvalue weighted by Gasteiger charge is 2.25. The van der Waals surface area contributed by atoms with Crippen molar-refractivity contribution in [3.8, 4) is 55.9 Å². The number of fused-ring (bicyclic) bond motifs is 13. The first-order valence-corrected chi connectivity index (χ1v) is 34.1. The number of furan rings is 2. The van der Waals surface area contributed by atoms with Gasteiger partial charge in [0.15, 0.2) is 11.2 Å². The Hall–Kier alpha value is -13.4. The van der Waals surface area contributed by atoms with Crippen molar-refractivity contribution in [2.45, 2.75) is 0 Å². The Balaban J connectivity index is 0.640. The van der Waals surface area contributed by atoms with E-state index in [-0.39, 0.29) is 0 Å². The number of hydrogen-bond donors (Lipinski definition) is 0. The van der Waals surface area contributed by atoms with Gasteiger partial charge in [-0.05, 0) is 189 Å². The zero-order chi connectivity index (χ0) is 65.8. The third-order valence-electron chi connectivity index (χ3n) is 20.3.